The van der Waals surface area contributed by atoms with E-state index >= 15 is 0 Å². The summed E-state index contributed by atoms with van der Waals surface area (Å²) in [5.74, 6) is 0.886. The van der Waals surface area contributed by atoms with Gasteiger partial charge < -0.3 is 5.32 Å². The van der Waals surface area contributed by atoms with Crippen LogP contribution in [0.5, 0.6) is 0 Å². The number of carbonyl (C=O) groups excluding carboxylic acids is 1. The zero-order chi connectivity index (χ0) is 20.2. The number of aromatic nitrogens is 4. The van der Waals surface area contributed by atoms with Crippen molar-refractivity contribution in [1.29, 1.82) is 0 Å². The number of anilines is 1. The first-order chi connectivity index (χ1) is 14.1. The molecule has 0 saturated heterocycles. The van der Waals surface area contributed by atoms with Gasteiger partial charge in [-0.05, 0) is 43.7 Å². The van der Waals surface area contributed by atoms with E-state index in [1.165, 1.54) is 11.8 Å². The minimum atomic E-state index is -0.0801. The van der Waals surface area contributed by atoms with Gasteiger partial charge in [0, 0.05) is 23.6 Å². The maximum absolute atomic E-state index is 12.5. The Morgan fingerprint density at radius 3 is 2.55 bits per heavy atom. The van der Waals surface area contributed by atoms with Crippen LogP contribution in [0.4, 0.5) is 5.69 Å². The molecule has 0 aliphatic heterocycles. The molecule has 0 bridgehead atoms. The van der Waals surface area contributed by atoms with Crippen LogP contribution in [-0.2, 0) is 4.79 Å². The number of nitrogens with one attached hydrogen (secondary N) is 1. The molecule has 0 saturated carbocycles. The molecule has 1 amide bonds. The molecule has 29 heavy (non-hydrogen) atoms. The second kappa shape index (κ2) is 8.36. The molecule has 0 fully saturated rings. The van der Waals surface area contributed by atoms with E-state index in [1.54, 1.807) is 0 Å². The molecule has 2 aromatic heterocycles. The molecule has 4 rings (SSSR count). The van der Waals surface area contributed by atoms with Crippen LogP contribution < -0.4 is 5.32 Å². The number of amides is 1. The Morgan fingerprint density at radius 2 is 1.79 bits per heavy atom. The highest BCUT2D eigenvalue weighted by atomic mass is 32.2. The summed E-state index contributed by atoms with van der Waals surface area (Å²) in [7, 11) is 0. The van der Waals surface area contributed by atoms with Crippen LogP contribution in [0.3, 0.4) is 0 Å². The lowest BCUT2D eigenvalue weighted by atomic mass is 10.1. The molecule has 0 atom stereocenters. The summed E-state index contributed by atoms with van der Waals surface area (Å²) < 4.78 is 3.83. The third kappa shape index (κ3) is 4.25. The molecule has 2 aromatic carbocycles. The van der Waals surface area contributed by atoms with E-state index in [4.69, 9.17) is 0 Å². The molecule has 4 aromatic rings. The van der Waals surface area contributed by atoms with Crippen molar-refractivity contribution in [3.05, 3.63) is 84.2 Å². The molecule has 2 heterocycles. The first-order valence-corrected chi connectivity index (χ1v) is 10.2. The van der Waals surface area contributed by atoms with E-state index < -0.39 is 0 Å². The van der Waals surface area contributed by atoms with Crippen molar-refractivity contribution in [3.63, 3.8) is 0 Å². The predicted molar refractivity (Wildman–Crippen MR) is 116 cm³/mol. The molecule has 0 radical (unpaired) electrons. The Balaban J connectivity index is 1.58. The number of aryl methyl sites for hydroxylation is 2. The van der Waals surface area contributed by atoms with Crippen LogP contribution in [0.15, 0.2) is 78.2 Å². The van der Waals surface area contributed by atoms with Gasteiger partial charge in [-0.1, -0.05) is 53.7 Å². The average Bonchev–Trinajstić information content (AvgIpc) is 3.37. The largest absolute Gasteiger partial charge is 0.325 e. The molecule has 0 aliphatic carbocycles. The molecule has 7 heteroatoms. The van der Waals surface area contributed by atoms with Gasteiger partial charge in [0.15, 0.2) is 5.82 Å². The van der Waals surface area contributed by atoms with Gasteiger partial charge in [-0.2, -0.15) is 0 Å². The van der Waals surface area contributed by atoms with Gasteiger partial charge in [-0.3, -0.25) is 9.47 Å². The maximum Gasteiger partial charge on any atom is 0.234 e. The second-order valence-electron chi connectivity index (χ2n) is 6.70. The maximum atomic E-state index is 12.5. The van der Waals surface area contributed by atoms with Crippen molar-refractivity contribution in [2.75, 3.05) is 11.1 Å². The molecule has 0 spiro atoms. The first-order valence-electron chi connectivity index (χ1n) is 9.26. The van der Waals surface area contributed by atoms with E-state index in [0.717, 1.165) is 28.2 Å². The molecule has 146 valence electrons. The molecule has 0 aliphatic rings. The van der Waals surface area contributed by atoms with Crippen molar-refractivity contribution in [2.24, 2.45) is 0 Å². The zero-order valence-corrected chi connectivity index (χ0v) is 17.1. The van der Waals surface area contributed by atoms with Crippen LogP contribution in [0.2, 0.25) is 0 Å². The number of para-hydroxylation sites is 1. The first kappa shape index (κ1) is 19.0. The van der Waals surface area contributed by atoms with Crippen LogP contribution in [-0.4, -0.2) is 31.2 Å². The number of carbonyl (C=O) groups is 1. The number of benzene rings is 2. The lowest BCUT2D eigenvalue weighted by Crippen LogP contribution is -2.16. The van der Waals surface area contributed by atoms with Crippen LogP contribution in [0, 0.1) is 13.8 Å². The lowest BCUT2D eigenvalue weighted by molar-refractivity contribution is -0.113. The Hall–Kier alpha value is -3.32. The minimum Gasteiger partial charge on any atom is -0.325 e. The van der Waals surface area contributed by atoms with E-state index in [0.29, 0.717) is 5.16 Å². The normalized spacial score (nSPS) is 10.8. The fourth-order valence-corrected chi connectivity index (χ4v) is 3.75. The van der Waals surface area contributed by atoms with Crippen molar-refractivity contribution in [2.45, 2.75) is 19.0 Å². The Morgan fingerprint density at radius 1 is 1.00 bits per heavy atom. The smallest absolute Gasteiger partial charge is 0.234 e. The average molecular weight is 404 g/mol. The van der Waals surface area contributed by atoms with Gasteiger partial charge in [0.25, 0.3) is 0 Å². The summed E-state index contributed by atoms with van der Waals surface area (Å²) in [5, 5.41) is 12.4. The summed E-state index contributed by atoms with van der Waals surface area (Å²) in [6.45, 7) is 4.02. The summed E-state index contributed by atoms with van der Waals surface area (Å²) >= 11 is 1.35. The van der Waals surface area contributed by atoms with E-state index in [-0.39, 0.29) is 11.7 Å². The quantitative estimate of drug-likeness (QED) is 0.485. The third-order valence-electron chi connectivity index (χ3n) is 4.46. The van der Waals surface area contributed by atoms with Gasteiger partial charge in [0.05, 0.1) is 5.75 Å². The highest BCUT2D eigenvalue weighted by molar-refractivity contribution is 7.99. The Labute approximate surface area is 173 Å². The fourth-order valence-electron chi connectivity index (χ4n) is 3.02. The Bertz CT molecular complexity index is 1130. The SMILES string of the molecule is Cc1cccc(-c2nnc(SCC(=O)Nc3ccccc3C)n2-n2cccc2)c1. The predicted octanol–water partition coefficient (Wildman–Crippen LogP) is 4.41. The number of hydrogen-bond acceptors (Lipinski definition) is 4. The van der Waals surface area contributed by atoms with Crippen molar-refractivity contribution < 1.29 is 4.79 Å². The fraction of sp³-hybridized carbons (Fsp3) is 0.136. The number of thioether (sulfide) groups is 1. The molecule has 6 nitrogen and oxygen atoms in total. The van der Waals surface area contributed by atoms with Gasteiger partial charge in [0.1, 0.15) is 0 Å². The lowest BCUT2D eigenvalue weighted by Gasteiger charge is -2.12. The topological polar surface area (TPSA) is 64.7 Å². The molecular weight excluding hydrogens is 382 g/mol. The summed E-state index contributed by atoms with van der Waals surface area (Å²) in [5.41, 5.74) is 3.98. The number of rotatable bonds is 6. The van der Waals surface area contributed by atoms with Gasteiger partial charge in [-0.25, -0.2) is 4.68 Å². The van der Waals surface area contributed by atoms with Crippen molar-refractivity contribution >= 4 is 23.4 Å². The molecule has 0 unspecified atom stereocenters. The number of nitrogens with zero attached hydrogens (tertiary/aromatic N) is 4. The summed E-state index contributed by atoms with van der Waals surface area (Å²) in [4.78, 5) is 12.5. The summed E-state index contributed by atoms with van der Waals surface area (Å²) in [6.07, 6.45) is 3.86. The monoisotopic (exact) mass is 403 g/mol. The van der Waals surface area contributed by atoms with Gasteiger partial charge in [0.2, 0.25) is 11.1 Å². The highest BCUT2D eigenvalue weighted by Crippen LogP contribution is 2.25. The van der Waals surface area contributed by atoms with E-state index in [9.17, 15) is 4.79 Å². The Kier molecular flexibility index (Phi) is 5.48. The van der Waals surface area contributed by atoms with Crippen molar-refractivity contribution in [1.82, 2.24) is 19.5 Å². The third-order valence-corrected chi connectivity index (χ3v) is 5.38. The van der Waals surface area contributed by atoms with Crippen molar-refractivity contribution in [3.8, 4) is 11.4 Å². The highest BCUT2D eigenvalue weighted by Gasteiger charge is 2.17. The molecule has 1 N–H and O–H groups in total. The molecular formula is C22H21N5OS. The van der Waals surface area contributed by atoms with Gasteiger partial charge >= 0.3 is 0 Å². The summed E-state index contributed by atoms with van der Waals surface area (Å²) in [6, 6.07) is 19.7. The second-order valence-corrected chi connectivity index (χ2v) is 7.64. The zero-order valence-electron chi connectivity index (χ0n) is 16.2. The minimum absolute atomic E-state index is 0.0801. The standard InChI is InChI=1S/C22H21N5OS/c1-16-8-7-10-18(14-16)21-24-25-22(27(21)26-12-5-6-13-26)29-15-20(28)23-19-11-4-3-9-17(19)2/h3-14H,15H2,1-2H3,(H,23,28). The number of hydrogen-bond donors (Lipinski definition) is 1. The van der Waals surface area contributed by atoms with E-state index in [1.807, 2.05) is 90.2 Å². The van der Waals surface area contributed by atoms with Crippen LogP contribution in [0.25, 0.3) is 11.4 Å². The van der Waals surface area contributed by atoms with E-state index in [2.05, 4.69) is 21.6 Å². The van der Waals surface area contributed by atoms with Crippen LogP contribution in [0.1, 0.15) is 11.1 Å². The van der Waals surface area contributed by atoms with Crippen LogP contribution >= 0.6 is 11.8 Å². The van der Waals surface area contributed by atoms with Gasteiger partial charge in [-0.15, -0.1) is 10.2 Å².